The van der Waals surface area contributed by atoms with E-state index in [0.29, 0.717) is 0 Å². The van der Waals surface area contributed by atoms with Gasteiger partial charge in [0.05, 0.1) is 18.4 Å². The highest BCUT2D eigenvalue weighted by Gasteiger charge is 2.04. The molecule has 3 aromatic heterocycles. The van der Waals surface area contributed by atoms with Crippen molar-refractivity contribution in [2.24, 2.45) is 0 Å². The molecule has 0 aliphatic heterocycles. The zero-order valence-corrected chi connectivity index (χ0v) is 12.9. The molecule has 0 unspecified atom stereocenters. The van der Waals surface area contributed by atoms with Crippen molar-refractivity contribution in [1.29, 1.82) is 0 Å². The minimum absolute atomic E-state index is 0.806. The van der Waals surface area contributed by atoms with E-state index in [4.69, 9.17) is 0 Å². The molecule has 6 heteroatoms. The van der Waals surface area contributed by atoms with Gasteiger partial charge in [-0.25, -0.2) is 4.98 Å². The Balaban J connectivity index is 1.47. The lowest BCUT2D eigenvalue weighted by Gasteiger charge is -2.02. The van der Waals surface area contributed by atoms with Crippen LogP contribution < -0.4 is 5.32 Å². The van der Waals surface area contributed by atoms with Crippen LogP contribution in [0.2, 0.25) is 0 Å². The number of nitrogens with zero attached hydrogens (tertiary/aromatic N) is 3. The first-order valence-corrected chi connectivity index (χ1v) is 8.30. The fraction of sp³-hybridized carbons (Fsp3) is 0.286. The Bertz CT molecular complexity index is 654. The van der Waals surface area contributed by atoms with Crippen molar-refractivity contribution in [3.05, 3.63) is 45.9 Å². The summed E-state index contributed by atoms with van der Waals surface area (Å²) >= 11 is 3.41. The summed E-state index contributed by atoms with van der Waals surface area (Å²) in [5, 5.41) is 15.1. The molecule has 3 heterocycles. The Hall–Kier alpha value is -1.50. The van der Waals surface area contributed by atoms with E-state index >= 15 is 0 Å². The van der Waals surface area contributed by atoms with Gasteiger partial charge in [-0.2, -0.15) is 16.4 Å². The number of rotatable bonds is 6. The van der Waals surface area contributed by atoms with Crippen molar-refractivity contribution in [3.8, 4) is 10.6 Å². The van der Waals surface area contributed by atoms with E-state index in [1.165, 1.54) is 11.1 Å². The summed E-state index contributed by atoms with van der Waals surface area (Å²) in [7, 11) is 0. The van der Waals surface area contributed by atoms with Gasteiger partial charge in [-0.15, -0.1) is 11.3 Å². The fourth-order valence-corrected chi connectivity index (χ4v) is 3.44. The fourth-order valence-electron chi connectivity index (χ4n) is 1.91. The van der Waals surface area contributed by atoms with Crippen LogP contribution in [0.4, 0.5) is 0 Å². The summed E-state index contributed by atoms with van der Waals surface area (Å²) in [6, 6.07) is 2.11. The maximum Gasteiger partial charge on any atom is 0.124 e. The van der Waals surface area contributed by atoms with Crippen LogP contribution in [0.3, 0.4) is 0 Å². The summed E-state index contributed by atoms with van der Waals surface area (Å²) in [6.45, 7) is 4.64. The number of thiazole rings is 1. The van der Waals surface area contributed by atoms with Crippen molar-refractivity contribution in [3.63, 3.8) is 0 Å². The van der Waals surface area contributed by atoms with E-state index < -0.39 is 0 Å². The zero-order chi connectivity index (χ0) is 13.8. The van der Waals surface area contributed by atoms with Gasteiger partial charge >= 0.3 is 0 Å². The van der Waals surface area contributed by atoms with Gasteiger partial charge in [0.15, 0.2) is 0 Å². The maximum absolute atomic E-state index is 4.64. The minimum atomic E-state index is 0.806. The SMILES string of the molecule is Cc1cnn(CCNCc2csc(-c3ccsc3)n2)c1. The van der Waals surface area contributed by atoms with Crippen LogP contribution >= 0.6 is 22.7 Å². The Labute approximate surface area is 126 Å². The average molecular weight is 304 g/mol. The van der Waals surface area contributed by atoms with Gasteiger partial charge in [0, 0.05) is 35.6 Å². The van der Waals surface area contributed by atoms with Gasteiger partial charge in [0.1, 0.15) is 5.01 Å². The molecule has 1 N–H and O–H groups in total. The van der Waals surface area contributed by atoms with Gasteiger partial charge < -0.3 is 5.32 Å². The first-order valence-electron chi connectivity index (χ1n) is 6.48. The van der Waals surface area contributed by atoms with E-state index in [0.717, 1.165) is 30.3 Å². The number of hydrogen-bond acceptors (Lipinski definition) is 5. The summed E-state index contributed by atoms with van der Waals surface area (Å²) in [6.07, 6.45) is 3.94. The second-order valence-corrected chi connectivity index (χ2v) is 6.25. The third-order valence-corrected chi connectivity index (χ3v) is 4.53. The van der Waals surface area contributed by atoms with Crippen molar-refractivity contribution < 1.29 is 0 Å². The van der Waals surface area contributed by atoms with Crippen LogP contribution in [-0.4, -0.2) is 21.3 Å². The molecule has 0 amide bonds. The minimum Gasteiger partial charge on any atom is -0.309 e. The van der Waals surface area contributed by atoms with E-state index in [1.807, 2.05) is 10.9 Å². The molecular weight excluding hydrogens is 288 g/mol. The number of hydrogen-bond donors (Lipinski definition) is 1. The summed E-state index contributed by atoms with van der Waals surface area (Å²) in [5.74, 6) is 0. The van der Waals surface area contributed by atoms with E-state index in [-0.39, 0.29) is 0 Å². The highest BCUT2D eigenvalue weighted by molar-refractivity contribution is 7.14. The highest BCUT2D eigenvalue weighted by Crippen LogP contribution is 2.25. The molecule has 0 bridgehead atoms. The van der Waals surface area contributed by atoms with E-state index in [2.05, 4.69) is 50.7 Å². The lowest BCUT2D eigenvalue weighted by molar-refractivity contribution is 0.552. The molecule has 4 nitrogen and oxygen atoms in total. The van der Waals surface area contributed by atoms with Crippen LogP contribution in [0.25, 0.3) is 10.6 Å². The predicted octanol–water partition coefficient (Wildman–Crippen LogP) is 3.17. The Morgan fingerprint density at radius 2 is 2.30 bits per heavy atom. The molecule has 0 atom stereocenters. The quantitative estimate of drug-likeness (QED) is 0.711. The monoisotopic (exact) mass is 304 g/mol. The van der Waals surface area contributed by atoms with Crippen LogP contribution in [0.5, 0.6) is 0 Å². The van der Waals surface area contributed by atoms with Gasteiger partial charge in [0.25, 0.3) is 0 Å². The summed E-state index contributed by atoms with van der Waals surface area (Å²) < 4.78 is 1.96. The molecule has 3 rings (SSSR count). The van der Waals surface area contributed by atoms with Gasteiger partial charge in [0.2, 0.25) is 0 Å². The van der Waals surface area contributed by atoms with Crippen molar-refractivity contribution >= 4 is 22.7 Å². The Kier molecular flexibility index (Phi) is 4.25. The first kappa shape index (κ1) is 13.5. The molecule has 104 valence electrons. The standard InChI is InChI=1S/C14H16N4S2/c1-11-6-16-18(8-11)4-3-15-7-13-10-20-14(17-13)12-2-5-19-9-12/h2,5-6,8-10,15H,3-4,7H2,1H3. The summed E-state index contributed by atoms with van der Waals surface area (Å²) in [5.41, 5.74) is 3.52. The van der Waals surface area contributed by atoms with E-state index in [1.54, 1.807) is 22.7 Å². The Morgan fingerprint density at radius 1 is 1.35 bits per heavy atom. The van der Waals surface area contributed by atoms with Gasteiger partial charge in [-0.05, 0) is 23.9 Å². The second-order valence-electron chi connectivity index (χ2n) is 4.61. The molecule has 0 aliphatic rings. The molecule has 0 saturated heterocycles. The molecule has 0 fully saturated rings. The van der Waals surface area contributed by atoms with Crippen molar-refractivity contribution in [2.75, 3.05) is 6.54 Å². The molecular formula is C14H16N4S2. The average Bonchev–Trinajstić information content (AvgIpc) is 3.16. The summed E-state index contributed by atoms with van der Waals surface area (Å²) in [4.78, 5) is 4.64. The van der Waals surface area contributed by atoms with Gasteiger partial charge in [-0.3, -0.25) is 4.68 Å². The molecule has 0 radical (unpaired) electrons. The molecule has 0 aromatic carbocycles. The number of thiophene rings is 1. The van der Waals surface area contributed by atoms with Crippen molar-refractivity contribution in [1.82, 2.24) is 20.1 Å². The Morgan fingerprint density at radius 3 is 3.05 bits per heavy atom. The molecule has 3 aromatic rings. The normalized spacial score (nSPS) is 11.1. The lowest BCUT2D eigenvalue weighted by Crippen LogP contribution is -2.19. The number of nitrogens with one attached hydrogen (secondary N) is 1. The van der Waals surface area contributed by atoms with Crippen LogP contribution in [0.15, 0.2) is 34.6 Å². The molecule has 20 heavy (non-hydrogen) atoms. The first-order chi connectivity index (χ1) is 9.81. The zero-order valence-electron chi connectivity index (χ0n) is 11.2. The third-order valence-electron chi connectivity index (χ3n) is 2.91. The second kappa shape index (κ2) is 6.30. The van der Waals surface area contributed by atoms with Gasteiger partial charge in [-0.1, -0.05) is 0 Å². The number of aryl methyl sites for hydroxylation is 1. The smallest absolute Gasteiger partial charge is 0.124 e. The van der Waals surface area contributed by atoms with Crippen LogP contribution in [-0.2, 0) is 13.1 Å². The van der Waals surface area contributed by atoms with Crippen LogP contribution in [0, 0.1) is 6.92 Å². The highest BCUT2D eigenvalue weighted by atomic mass is 32.1. The lowest BCUT2D eigenvalue weighted by atomic mass is 10.3. The number of aromatic nitrogens is 3. The molecule has 0 saturated carbocycles. The van der Waals surface area contributed by atoms with Crippen LogP contribution in [0.1, 0.15) is 11.3 Å². The third kappa shape index (κ3) is 3.33. The largest absolute Gasteiger partial charge is 0.309 e. The van der Waals surface area contributed by atoms with Crippen molar-refractivity contribution in [2.45, 2.75) is 20.0 Å². The maximum atomic E-state index is 4.64. The topological polar surface area (TPSA) is 42.7 Å². The predicted molar refractivity (Wildman–Crippen MR) is 84.1 cm³/mol. The molecule has 0 aliphatic carbocycles. The van der Waals surface area contributed by atoms with E-state index in [9.17, 15) is 0 Å². The molecule has 0 spiro atoms.